The van der Waals surface area contributed by atoms with E-state index < -0.39 is 11.4 Å². The largest absolute Gasteiger partial charge is 0.381 e. The summed E-state index contributed by atoms with van der Waals surface area (Å²) in [6, 6.07) is 3.78. The monoisotopic (exact) mass is 272 g/mol. The third-order valence-corrected chi connectivity index (χ3v) is 3.34. The second kappa shape index (κ2) is 5.22. The second-order valence-electron chi connectivity index (χ2n) is 4.35. The van der Waals surface area contributed by atoms with Gasteiger partial charge < -0.3 is 15.8 Å². The first-order valence-electron chi connectivity index (χ1n) is 5.64. The number of hydrogen-bond donors (Lipinski definition) is 2. The quantitative estimate of drug-likeness (QED) is 0.865. The molecule has 1 aromatic rings. The number of amides is 1. The van der Waals surface area contributed by atoms with Crippen LogP contribution in [-0.2, 0) is 9.53 Å². The van der Waals surface area contributed by atoms with Gasteiger partial charge in [0.05, 0.1) is 10.7 Å². The van der Waals surface area contributed by atoms with E-state index in [0.717, 1.165) is 0 Å². The molecule has 0 aromatic heterocycles. The summed E-state index contributed by atoms with van der Waals surface area (Å²) >= 11 is 5.88. The molecule has 1 fully saturated rings. The van der Waals surface area contributed by atoms with E-state index in [4.69, 9.17) is 22.1 Å². The van der Waals surface area contributed by atoms with Crippen LogP contribution in [0.4, 0.5) is 10.1 Å². The van der Waals surface area contributed by atoms with Crippen LogP contribution in [0, 0.1) is 5.82 Å². The normalized spacial score (nSPS) is 18.4. The standard InChI is InChI=1S/C12H14ClFN2O2/c13-9-2-1-8(14)7-10(9)16-11(17)12(15)3-5-18-6-4-12/h1-2,7H,3-6,15H2,(H,16,17). The zero-order valence-electron chi connectivity index (χ0n) is 9.71. The van der Waals surface area contributed by atoms with Crippen molar-refractivity contribution >= 4 is 23.2 Å². The number of nitrogens with two attached hydrogens (primary N) is 1. The molecule has 6 heteroatoms. The molecule has 0 atom stereocenters. The van der Waals surface area contributed by atoms with Gasteiger partial charge in [-0.05, 0) is 31.0 Å². The molecule has 1 aliphatic heterocycles. The van der Waals surface area contributed by atoms with Crippen LogP contribution in [0.5, 0.6) is 0 Å². The lowest BCUT2D eigenvalue weighted by Gasteiger charge is -2.31. The number of ether oxygens (including phenoxy) is 1. The van der Waals surface area contributed by atoms with Gasteiger partial charge in [0.2, 0.25) is 5.91 Å². The highest BCUT2D eigenvalue weighted by Crippen LogP contribution is 2.25. The summed E-state index contributed by atoms with van der Waals surface area (Å²) in [4.78, 5) is 12.1. The van der Waals surface area contributed by atoms with Crippen LogP contribution in [0.1, 0.15) is 12.8 Å². The molecule has 1 aliphatic rings. The van der Waals surface area contributed by atoms with Gasteiger partial charge in [0.25, 0.3) is 0 Å². The molecule has 4 nitrogen and oxygen atoms in total. The lowest BCUT2D eigenvalue weighted by atomic mass is 9.90. The Morgan fingerprint density at radius 1 is 1.44 bits per heavy atom. The Kier molecular flexibility index (Phi) is 3.85. The molecule has 0 radical (unpaired) electrons. The van der Waals surface area contributed by atoms with Crippen molar-refractivity contribution in [2.24, 2.45) is 5.73 Å². The zero-order valence-corrected chi connectivity index (χ0v) is 10.5. The van der Waals surface area contributed by atoms with Gasteiger partial charge in [-0.2, -0.15) is 0 Å². The second-order valence-corrected chi connectivity index (χ2v) is 4.75. The first-order valence-corrected chi connectivity index (χ1v) is 6.02. The van der Waals surface area contributed by atoms with Crippen molar-refractivity contribution in [2.45, 2.75) is 18.4 Å². The average molecular weight is 273 g/mol. The summed E-state index contributed by atoms with van der Waals surface area (Å²) in [6.07, 6.45) is 0.873. The highest BCUT2D eigenvalue weighted by Gasteiger charge is 2.36. The van der Waals surface area contributed by atoms with E-state index >= 15 is 0 Å². The van der Waals surface area contributed by atoms with Crippen LogP contribution >= 0.6 is 11.6 Å². The summed E-state index contributed by atoms with van der Waals surface area (Å²) in [5.74, 6) is -0.828. The van der Waals surface area contributed by atoms with Crippen LogP contribution in [0.15, 0.2) is 18.2 Å². The van der Waals surface area contributed by atoms with Gasteiger partial charge in [-0.1, -0.05) is 11.6 Å². The molecule has 0 unspecified atom stereocenters. The third-order valence-electron chi connectivity index (χ3n) is 3.01. The average Bonchev–Trinajstić information content (AvgIpc) is 2.35. The number of halogens is 2. The number of carbonyl (C=O) groups excluding carboxylic acids is 1. The van der Waals surface area contributed by atoms with Crippen LogP contribution < -0.4 is 11.1 Å². The summed E-state index contributed by atoms with van der Waals surface area (Å²) in [5, 5.41) is 2.85. The van der Waals surface area contributed by atoms with Gasteiger partial charge in [0.15, 0.2) is 0 Å². The Morgan fingerprint density at radius 3 is 2.78 bits per heavy atom. The minimum Gasteiger partial charge on any atom is -0.381 e. The topological polar surface area (TPSA) is 64.4 Å². The lowest BCUT2D eigenvalue weighted by Crippen LogP contribution is -2.54. The lowest BCUT2D eigenvalue weighted by molar-refractivity contribution is -0.124. The molecule has 1 amide bonds. The van der Waals surface area contributed by atoms with Crippen LogP contribution in [-0.4, -0.2) is 24.7 Å². The van der Waals surface area contributed by atoms with Gasteiger partial charge in [-0.15, -0.1) is 0 Å². The molecule has 1 heterocycles. The van der Waals surface area contributed by atoms with Crippen molar-refractivity contribution in [1.82, 2.24) is 0 Å². The summed E-state index contributed by atoms with van der Waals surface area (Å²) in [6.45, 7) is 0.890. The molecule has 0 bridgehead atoms. The molecule has 3 N–H and O–H groups in total. The van der Waals surface area contributed by atoms with Crippen molar-refractivity contribution in [1.29, 1.82) is 0 Å². The number of hydrogen-bond acceptors (Lipinski definition) is 3. The van der Waals surface area contributed by atoms with Crippen molar-refractivity contribution in [3.05, 3.63) is 29.0 Å². The SMILES string of the molecule is NC1(C(=O)Nc2cc(F)ccc2Cl)CCOCC1. The Morgan fingerprint density at radius 2 is 2.11 bits per heavy atom. The van der Waals surface area contributed by atoms with Gasteiger partial charge in [-0.3, -0.25) is 4.79 Å². The summed E-state index contributed by atoms with van der Waals surface area (Å²) in [5.41, 5.74) is 5.27. The smallest absolute Gasteiger partial charge is 0.244 e. The van der Waals surface area contributed by atoms with Crippen LogP contribution in [0.25, 0.3) is 0 Å². The molecule has 2 rings (SSSR count). The Balaban J connectivity index is 2.13. The highest BCUT2D eigenvalue weighted by molar-refractivity contribution is 6.33. The van der Waals surface area contributed by atoms with Gasteiger partial charge in [0.1, 0.15) is 11.4 Å². The van der Waals surface area contributed by atoms with Crippen molar-refractivity contribution < 1.29 is 13.9 Å². The van der Waals surface area contributed by atoms with E-state index in [-0.39, 0.29) is 16.6 Å². The van der Waals surface area contributed by atoms with Crippen molar-refractivity contribution in [2.75, 3.05) is 18.5 Å². The minimum absolute atomic E-state index is 0.234. The maximum atomic E-state index is 13.1. The third kappa shape index (κ3) is 2.80. The predicted molar refractivity (Wildman–Crippen MR) is 67.0 cm³/mol. The van der Waals surface area contributed by atoms with Crippen LogP contribution in [0.2, 0.25) is 5.02 Å². The number of carbonyl (C=O) groups is 1. The molecule has 1 aromatic carbocycles. The molecule has 1 saturated heterocycles. The molecule has 0 saturated carbocycles. The fourth-order valence-electron chi connectivity index (χ4n) is 1.80. The molecular weight excluding hydrogens is 259 g/mol. The predicted octanol–water partition coefficient (Wildman–Crippen LogP) is 1.93. The maximum absolute atomic E-state index is 13.1. The number of rotatable bonds is 2. The minimum atomic E-state index is -0.978. The van der Waals surface area contributed by atoms with E-state index in [1.165, 1.54) is 18.2 Å². The van der Waals surface area contributed by atoms with Gasteiger partial charge in [0, 0.05) is 13.2 Å². The van der Waals surface area contributed by atoms with Gasteiger partial charge >= 0.3 is 0 Å². The highest BCUT2D eigenvalue weighted by atomic mass is 35.5. The molecular formula is C12H14ClFN2O2. The van der Waals surface area contributed by atoms with E-state index in [9.17, 15) is 9.18 Å². The van der Waals surface area contributed by atoms with E-state index in [1.807, 2.05) is 0 Å². The fraction of sp³-hybridized carbons (Fsp3) is 0.417. The fourth-order valence-corrected chi connectivity index (χ4v) is 1.97. The van der Waals surface area contributed by atoms with Gasteiger partial charge in [-0.25, -0.2) is 4.39 Å². The number of anilines is 1. The number of benzene rings is 1. The first kappa shape index (κ1) is 13.3. The summed E-state index contributed by atoms with van der Waals surface area (Å²) < 4.78 is 18.2. The van der Waals surface area contributed by atoms with E-state index in [0.29, 0.717) is 26.1 Å². The van der Waals surface area contributed by atoms with Crippen molar-refractivity contribution in [3.8, 4) is 0 Å². The summed E-state index contributed by atoms with van der Waals surface area (Å²) in [7, 11) is 0. The Labute approximate surface area is 109 Å². The first-order chi connectivity index (χ1) is 8.51. The molecule has 18 heavy (non-hydrogen) atoms. The van der Waals surface area contributed by atoms with E-state index in [2.05, 4.69) is 5.32 Å². The Bertz CT molecular complexity index is 461. The molecule has 0 aliphatic carbocycles. The molecule has 0 spiro atoms. The maximum Gasteiger partial charge on any atom is 0.244 e. The van der Waals surface area contributed by atoms with Crippen LogP contribution in [0.3, 0.4) is 0 Å². The zero-order chi connectivity index (χ0) is 13.2. The van der Waals surface area contributed by atoms with Crippen molar-refractivity contribution in [3.63, 3.8) is 0 Å². The van der Waals surface area contributed by atoms with E-state index in [1.54, 1.807) is 0 Å². The number of nitrogens with one attached hydrogen (secondary N) is 1. The molecule has 98 valence electrons. The Hall–Kier alpha value is -1.17.